The molecule has 0 aromatic heterocycles. The minimum absolute atomic E-state index is 0.0735. The lowest BCUT2D eigenvalue weighted by molar-refractivity contribution is -0.144. The van der Waals surface area contributed by atoms with Crippen LogP contribution in [0, 0.1) is 0 Å². The standard InChI is InChI=1S/C13H25N3O2/c1-3-18-13(17)8-11(2)15-4-6-16(7-5-15)12-9-14-10-12/h11-12,14H,3-10H2,1-2H3. The molecule has 5 nitrogen and oxygen atoms in total. The molecule has 0 saturated carbocycles. The van der Waals surface area contributed by atoms with Gasteiger partial charge in [0.15, 0.2) is 0 Å². The third kappa shape index (κ3) is 3.43. The van der Waals surface area contributed by atoms with Gasteiger partial charge in [0.25, 0.3) is 0 Å². The summed E-state index contributed by atoms with van der Waals surface area (Å²) in [5, 5.41) is 3.32. The number of nitrogens with one attached hydrogen (secondary N) is 1. The van der Waals surface area contributed by atoms with Crippen molar-refractivity contribution in [3.63, 3.8) is 0 Å². The highest BCUT2D eigenvalue weighted by Crippen LogP contribution is 2.13. The summed E-state index contributed by atoms with van der Waals surface area (Å²) in [5.41, 5.74) is 0. The SMILES string of the molecule is CCOC(=O)CC(C)N1CCN(C2CNC2)CC1. The van der Waals surface area contributed by atoms with Gasteiger partial charge >= 0.3 is 5.97 Å². The van der Waals surface area contributed by atoms with Gasteiger partial charge in [-0.05, 0) is 13.8 Å². The zero-order valence-corrected chi connectivity index (χ0v) is 11.5. The molecule has 0 bridgehead atoms. The van der Waals surface area contributed by atoms with Crippen molar-refractivity contribution >= 4 is 5.97 Å². The molecule has 0 spiro atoms. The Kier molecular flexibility index (Phi) is 4.97. The first kappa shape index (κ1) is 13.8. The fourth-order valence-electron chi connectivity index (χ4n) is 2.67. The molecule has 2 aliphatic heterocycles. The molecule has 0 radical (unpaired) electrons. The minimum Gasteiger partial charge on any atom is -0.466 e. The smallest absolute Gasteiger partial charge is 0.307 e. The Hall–Kier alpha value is -0.650. The zero-order chi connectivity index (χ0) is 13.0. The molecular weight excluding hydrogens is 230 g/mol. The van der Waals surface area contributed by atoms with Gasteiger partial charge in [0.2, 0.25) is 0 Å². The molecule has 1 atom stereocenters. The van der Waals surface area contributed by atoms with Crippen molar-refractivity contribution in [1.82, 2.24) is 15.1 Å². The van der Waals surface area contributed by atoms with Crippen molar-refractivity contribution in [1.29, 1.82) is 0 Å². The second-order valence-corrected chi connectivity index (χ2v) is 5.24. The van der Waals surface area contributed by atoms with Crippen LogP contribution in [0.2, 0.25) is 0 Å². The van der Waals surface area contributed by atoms with E-state index in [9.17, 15) is 4.79 Å². The first-order valence-corrected chi connectivity index (χ1v) is 7.05. The summed E-state index contributed by atoms with van der Waals surface area (Å²) >= 11 is 0. The van der Waals surface area contributed by atoms with Crippen molar-refractivity contribution < 1.29 is 9.53 Å². The molecule has 1 unspecified atom stereocenters. The maximum atomic E-state index is 11.5. The van der Waals surface area contributed by atoms with E-state index in [-0.39, 0.29) is 5.97 Å². The molecule has 2 saturated heterocycles. The first-order valence-electron chi connectivity index (χ1n) is 7.05. The van der Waals surface area contributed by atoms with Crippen molar-refractivity contribution in [3.05, 3.63) is 0 Å². The van der Waals surface area contributed by atoms with Gasteiger partial charge in [-0.15, -0.1) is 0 Å². The molecule has 2 rings (SSSR count). The van der Waals surface area contributed by atoms with E-state index in [2.05, 4.69) is 22.0 Å². The van der Waals surface area contributed by atoms with Gasteiger partial charge in [-0.25, -0.2) is 0 Å². The summed E-state index contributed by atoms with van der Waals surface area (Å²) in [6.45, 7) is 11.1. The second-order valence-electron chi connectivity index (χ2n) is 5.24. The molecule has 104 valence electrons. The van der Waals surface area contributed by atoms with Crippen LogP contribution in [0.25, 0.3) is 0 Å². The summed E-state index contributed by atoms with van der Waals surface area (Å²) in [5.74, 6) is -0.0735. The van der Waals surface area contributed by atoms with E-state index >= 15 is 0 Å². The van der Waals surface area contributed by atoms with Crippen LogP contribution in [0.4, 0.5) is 0 Å². The zero-order valence-electron chi connectivity index (χ0n) is 11.5. The number of hydrogen-bond acceptors (Lipinski definition) is 5. The number of hydrogen-bond donors (Lipinski definition) is 1. The van der Waals surface area contributed by atoms with Gasteiger partial charge in [0.05, 0.1) is 13.0 Å². The summed E-state index contributed by atoms with van der Waals surface area (Å²) in [7, 11) is 0. The monoisotopic (exact) mass is 255 g/mol. The van der Waals surface area contributed by atoms with E-state index in [0.717, 1.165) is 45.3 Å². The number of piperazine rings is 1. The fourth-order valence-corrected chi connectivity index (χ4v) is 2.67. The lowest BCUT2D eigenvalue weighted by atomic mass is 10.1. The Morgan fingerprint density at radius 1 is 1.33 bits per heavy atom. The van der Waals surface area contributed by atoms with Gasteiger partial charge in [-0.3, -0.25) is 14.6 Å². The molecule has 2 aliphatic rings. The van der Waals surface area contributed by atoms with Crippen LogP contribution < -0.4 is 5.32 Å². The van der Waals surface area contributed by atoms with Gasteiger partial charge < -0.3 is 10.1 Å². The van der Waals surface area contributed by atoms with Crippen LogP contribution in [-0.4, -0.2) is 73.7 Å². The normalized spacial score (nSPS) is 24.6. The summed E-state index contributed by atoms with van der Waals surface area (Å²) in [6.07, 6.45) is 0.513. The Balaban J connectivity index is 1.69. The average molecular weight is 255 g/mol. The van der Waals surface area contributed by atoms with Gasteiger partial charge in [0, 0.05) is 51.4 Å². The van der Waals surface area contributed by atoms with Crippen LogP contribution in [0.3, 0.4) is 0 Å². The third-order valence-electron chi connectivity index (χ3n) is 4.02. The fraction of sp³-hybridized carbons (Fsp3) is 0.923. The molecule has 1 N–H and O–H groups in total. The molecule has 2 heterocycles. The van der Waals surface area contributed by atoms with E-state index < -0.39 is 0 Å². The van der Waals surface area contributed by atoms with E-state index in [0.29, 0.717) is 19.1 Å². The highest BCUT2D eigenvalue weighted by molar-refractivity contribution is 5.70. The molecular formula is C13H25N3O2. The van der Waals surface area contributed by atoms with Crippen LogP contribution in [0.15, 0.2) is 0 Å². The van der Waals surface area contributed by atoms with Crippen LogP contribution >= 0.6 is 0 Å². The van der Waals surface area contributed by atoms with E-state index in [4.69, 9.17) is 4.74 Å². The summed E-state index contributed by atoms with van der Waals surface area (Å²) in [4.78, 5) is 16.4. The Morgan fingerprint density at radius 3 is 2.50 bits per heavy atom. The third-order valence-corrected chi connectivity index (χ3v) is 4.02. The molecule has 0 aliphatic carbocycles. The van der Waals surface area contributed by atoms with Gasteiger partial charge in [0.1, 0.15) is 0 Å². The topological polar surface area (TPSA) is 44.8 Å². The number of ether oxygens (including phenoxy) is 1. The summed E-state index contributed by atoms with van der Waals surface area (Å²) < 4.78 is 5.00. The number of carbonyl (C=O) groups is 1. The quantitative estimate of drug-likeness (QED) is 0.696. The van der Waals surface area contributed by atoms with Crippen molar-refractivity contribution in [2.75, 3.05) is 45.9 Å². The lowest BCUT2D eigenvalue weighted by Crippen LogP contribution is -2.62. The van der Waals surface area contributed by atoms with E-state index in [1.54, 1.807) is 0 Å². The van der Waals surface area contributed by atoms with Gasteiger partial charge in [-0.1, -0.05) is 0 Å². The molecule has 18 heavy (non-hydrogen) atoms. The van der Waals surface area contributed by atoms with E-state index in [1.807, 2.05) is 6.92 Å². The van der Waals surface area contributed by atoms with E-state index in [1.165, 1.54) is 0 Å². The van der Waals surface area contributed by atoms with Crippen molar-refractivity contribution in [3.8, 4) is 0 Å². The lowest BCUT2D eigenvalue weighted by Gasteiger charge is -2.44. The van der Waals surface area contributed by atoms with Crippen LogP contribution in [0.1, 0.15) is 20.3 Å². The molecule has 0 aromatic carbocycles. The number of rotatable bonds is 5. The number of esters is 1. The number of carbonyl (C=O) groups excluding carboxylic acids is 1. The predicted molar refractivity (Wildman–Crippen MR) is 70.5 cm³/mol. The molecule has 0 aromatic rings. The van der Waals surface area contributed by atoms with Crippen molar-refractivity contribution in [2.24, 2.45) is 0 Å². The van der Waals surface area contributed by atoms with Gasteiger partial charge in [-0.2, -0.15) is 0 Å². The average Bonchev–Trinajstić information content (AvgIpc) is 2.27. The molecule has 5 heteroatoms. The Labute approximate surface area is 109 Å². The maximum Gasteiger partial charge on any atom is 0.307 e. The number of nitrogens with zero attached hydrogens (tertiary/aromatic N) is 2. The second kappa shape index (κ2) is 6.50. The first-order chi connectivity index (χ1) is 8.70. The predicted octanol–water partition coefficient (Wildman–Crippen LogP) is -0.0825. The highest BCUT2D eigenvalue weighted by Gasteiger charge is 2.29. The van der Waals surface area contributed by atoms with Crippen molar-refractivity contribution in [2.45, 2.75) is 32.4 Å². The van der Waals surface area contributed by atoms with Crippen LogP contribution in [-0.2, 0) is 9.53 Å². The Morgan fingerprint density at radius 2 is 2.00 bits per heavy atom. The highest BCUT2D eigenvalue weighted by atomic mass is 16.5. The molecule has 0 amide bonds. The largest absolute Gasteiger partial charge is 0.466 e. The Bertz CT molecular complexity index is 273. The minimum atomic E-state index is -0.0735. The maximum absolute atomic E-state index is 11.5. The molecule has 2 fully saturated rings. The van der Waals surface area contributed by atoms with Crippen LogP contribution in [0.5, 0.6) is 0 Å². The summed E-state index contributed by atoms with van der Waals surface area (Å²) in [6, 6.07) is 1.04.